The van der Waals surface area contributed by atoms with Crippen LogP contribution in [0.5, 0.6) is 0 Å². The minimum Gasteiger partial charge on any atom is -0.386 e. The summed E-state index contributed by atoms with van der Waals surface area (Å²) in [6, 6.07) is 3.60. The van der Waals surface area contributed by atoms with Gasteiger partial charge >= 0.3 is 0 Å². The van der Waals surface area contributed by atoms with Crippen LogP contribution in [0.3, 0.4) is 0 Å². The fourth-order valence-corrected chi connectivity index (χ4v) is 1.73. The van der Waals surface area contributed by atoms with E-state index in [1.165, 1.54) is 0 Å². The topological polar surface area (TPSA) is 42.2 Å². The van der Waals surface area contributed by atoms with Gasteiger partial charge in [0.1, 0.15) is 0 Å². The van der Waals surface area contributed by atoms with Crippen molar-refractivity contribution >= 4 is 0 Å². The lowest BCUT2D eigenvalue weighted by Gasteiger charge is -2.20. The molecule has 0 unspecified atom stereocenters. The van der Waals surface area contributed by atoms with Gasteiger partial charge in [-0.25, -0.2) is 0 Å². The summed E-state index contributed by atoms with van der Waals surface area (Å²) in [6.45, 7) is 10.0. The average Bonchev–Trinajstić information content (AvgIpc) is 2.09. The second kappa shape index (κ2) is 4.42. The van der Waals surface area contributed by atoms with Crippen LogP contribution in [0.25, 0.3) is 0 Å². The van der Waals surface area contributed by atoms with Gasteiger partial charge in [0.25, 0.3) is 5.56 Å². The Morgan fingerprint density at radius 3 is 2.38 bits per heavy atom. The summed E-state index contributed by atoms with van der Waals surface area (Å²) in [4.78, 5) is 12.2. The molecule has 1 heterocycles. The van der Waals surface area contributed by atoms with Crippen molar-refractivity contribution in [1.29, 1.82) is 0 Å². The van der Waals surface area contributed by atoms with Crippen LogP contribution >= 0.6 is 0 Å². The van der Waals surface area contributed by atoms with E-state index < -0.39 is 5.60 Å². The molecule has 0 atom stereocenters. The van der Waals surface area contributed by atoms with E-state index in [1.54, 1.807) is 24.5 Å². The first-order valence-electron chi connectivity index (χ1n) is 5.66. The van der Waals surface area contributed by atoms with Gasteiger partial charge in [-0.1, -0.05) is 13.8 Å². The molecular weight excluding hydrogens is 202 g/mol. The van der Waals surface area contributed by atoms with Gasteiger partial charge in [0.2, 0.25) is 0 Å². The Morgan fingerprint density at radius 1 is 1.38 bits per heavy atom. The molecule has 0 amide bonds. The van der Waals surface area contributed by atoms with Gasteiger partial charge in [0.15, 0.2) is 0 Å². The molecule has 16 heavy (non-hydrogen) atoms. The van der Waals surface area contributed by atoms with Crippen LogP contribution in [0.15, 0.2) is 16.9 Å². The maximum absolute atomic E-state index is 12.2. The van der Waals surface area contributed by atoms with E-state index in [9.17, 15) is 9.90 Å². The number of hydrogen-bond acceptors (Lipinski definition) is 2. The van der Waals surface area contributed by atoms with Crippen LogP contribution in [-0.4, -0.2) is 9.67 Å². The molecule has 0 aliphatic rings. The van der Waals surface area contributed by atoms with E-state index in [2.05, 4.69) is 13.8 Å². The molecule has 1 N–H and O–H groups in total. The van der Waals surface area contributed by atoms with Gasteiger partial charge in [-0.3, -0.25) is 4.79 Å². The second-order valence-electron chi connectivity index (χ2n) is 5.26. The van der Waals surface area contributed by atoms with Crippen molar-refractivity contribution in [3.8, 4) is 0 Å². The highest BCUT2D eigenvalue weighted by Gasteiger charge is 2.21. The third kappa shape index (κ3) is 2.73. The zero-order chi connectivity index (χ0) is 12.5. The van der Waals surface area contributed by atoms with Gasteiger partial charge in [-0.05, 0) is 38.8 Å². The van der Waals surface area contributed by atoms with Gasteiger partial charge in [-0.15, -0.1) is 0 Å². The van der Waals surface area contributed by atoms with Crippen molar-refractivity contribution < 1.29 is 5.11 Å². The molecule has 3 heteroatoms. The molecule has 0 fully saturated rings. The highest BCUT2D eigenvalue weighted by Crippen LogP contribution is 2.16. The highest BCUT2D eigenvalue weighted by molar-refractivity contribution is 5.20. The smallest absolute Gasteiger partial charge is 0.256 e. The van der Waals surface area contributed by atoms with Crippen molar-refractivity contribution in [2.75, 3.05) is 0 Å². The Hall–Kier alpha value is -1.09. The first-order valence-corrected chi connectivity index (χ1v) is 5.66. The molecule has 0 saturated carbocycles. The van der Waals surface area contributed by atoms with Gasteiger partial charge in [0, 0.05) is 17.8 Å². The van der Waals surface area contributed by atoms with E-state index in [1.807, 2.05) is 13.0 Å². The second-order valence-corrected chi connectivity index (χ2v) is 5.26. The van der Waals surface area contributed by atoms with Gasteiger partial charge in [-0.2, -0.15) is 0 Å². The number of nitrogens with zero attached hydrogens (tertiary/aromatic N) is 1. The largest absolute Gasteiger partial charge is 0.386 e. The SMILES string of the molecule is Cc1ccc(C(C)(C)O)c(=O)n1CC(C)C. The van der Waals surface area contributed by atoms with Crippen molar-refractivity contribution in [1.82, 2.24) is 4.57 Å². The lowest BCUT2D eigenvalue weighted by atomic mass is 9.99. The monoisotopic (exact) mass is 223 g/mol. The third-order valence-electron chi connectivity index (χ3n) is 2.60. The highest BCUT2D eigenvalue weighted by atomic mass is 16.3. The van der Waals surface area contributed by atoms with Crippen molar-refractivity contribution in [2.24, 2.45) is 5.92 Å². The lowest BCUT2D eigenvalue weighted by Crippen LogP contribution is -2.33. The molecule has 0 aliphatic heterocycles. The van der Waals surface area contributed by atoms with Gasteiger partial charge < -0.3 is 9.67 Å². The zero-order valence-electron chi connectivity index (χ0n) is 10.7. The molecule has 0 aliphatic carbocycles. The number of aliphatic hydroxyl groups is 1. The number of aromatic nitrogens is 1. The van der Waals surface area contributed by atoms with Crippen LogP contribution in [0.4, 0.5) is 0 Å². The van der Waals surface area contributed by atoms with Gasteiger partial charge in [0.05, 0.1) is 5.60 Å². The number of pyridine rings is 1. The Morgan fingerprint density at radius 2 is 1.94 bits per heavy atom. The zero-order valence-corrected chi connectivity index (χ0v) is 10.7. The molecule has 1 aromatic rings. The molecule has 0 radical (unpaired) electrons. The summed E-state index contributed by atoms with van der Waals surface area (Å²) in [5, 5.41) is 9.91. The third-order valence-corrected chi connectivity index (χ3v) is 2.60. The van der Waals surface area contributed by atoms with Crippen LogP contribution in [0, 0.1) is 12.8 Å². The molecule has 0 saturated heterocycles. The first-order chi connectivity index (χ1) is 7.23. The maximum Gasteiger partial charge on any atom is 0.256 e. The number of hydrogen-bond donors (Lipinski definition) is 1. The molecule has 3 nitrogen and oxygen atoms in total. The number of aryl methyl sites for hydroxylation is 1. The minimum atomic E-state index is -1.08. The summed E-state index contributed by atoms with van der Waals surface area (Å²) in [6.07, 6.45) is 0. The molecule has 1 rings (SSSR count). The predicted molar refractivity (Wildman–Crippen MR) is 65.5 cm³/mol. The summed E-state index contributed by atoms with van der Waals surface area (Å²) in [7, 11) is 0. The fraction of sp³-hybridized carbons (Fsp3) is 0.615. The Kier molecular flexibility index (Phi) is 3.58. The fourth-order valence-electron chi connectivity index (χ4n) is 1.73. The summed E-state index contributed by atoms with van der Waals surface area (Å²) in [5.74, 6) is 0.411. The van der Waals surface area contributed by atoms with Crippen molar-refractivity contribution in [3.05, 3.63) is 33.7 Å². The lowest BCUT2D eigenvalue weighted by molar-refractivity contribution is 0.0763. The molecular formula is C13H21NO2. The minimum absolute atomic E-state index is 0.0822. The Bertz CT molecular complexity index is 425. The quantitative estimate of drug-likeness (QED) is 0.852. The van der Waals surface area contributed by atoms with Crippen LogP contribution in [0.1, 0.15) is 39.0 Å². The first kappa shape index (κ1) is 13.0. The summed E-state index contributed by atoms with van der Waals surface area (Å²) < 4.78 is 1.73. The van der Waals surface area contributed by atoms with E-state index in [0.29, 0.717) is 18.0 Å². The van der Waals surface area contributed by atoms with E-state index in [0.717, 1.165) is 5.69 Å². The molecule has 0 aromatic carbocycles. The normalized spacial score (nSPS) is 12.2. The van der Waals surface area contributed by atoms with Crippen LogP contribution < -0.4 is 5.56 Å². The van der Waals surface area contributed by atoms with Crippen LogP contribution in [0.2, 0.25) is 0 Å². The average molecular weight is 223 g/mol. The standard InChI is InChI=1S/C13H21NO2/c1-9(2)8-14-10(3)6-7-11(12(14)15)13(4,5)16/h6-7,9,16H,8H2,1-5H3. The van der Waals surface area contributed by atoms with Crippen molar-refractivity contribution in [2.45, 2.75) is 46.8 Å². The van der Waals surface area contributed by atoms with Crippen molar-refractivity contribution in [3.63, 3.8) is 0 Å². The Labute approximate surface area is 96.7 Å². The summed E-state index contributed by atoms with van der Waals surface area (Å²) >= 11 is 0. The number of rotatable bonds is 3. The molecule has 90 valence electrons. The van der Waals surface area contributed by atoms with E-state index in [4.69, 9.17) is 0 Å². The summed E-state index contributed by atoms with van der Waals surface area (Å²) in [5.41, 5.74) is 0.232. The molecule has 0 bridgehead atoms. The predicted octanol–water partition coefficient (Wildman–Crippen LogP) is 2.04. The van der Waals surface area contributed by atoms with E-state index >= 15 is 0 Å². The maximum atomic E-state index is 12.2. The molecule has 1 aromatic heterocycles. The van der Waals surface area contributed by atoms with Crippen LogP contribution in [-0.2, 0) is 12.1 Å². The Balaban J connectivity index is 3.34. The molecule has 0 spiro atoms. The van der Waals surface area contributed by atoms with E-state index in [-0.39, 0.29) is 5.56 Å².